The second-order valence-electron chi connectivity index (χ2n) is 10.5. The van der Waals surface area contributed by atoms with Gasteiger partial charge in [-0.2, -0.15) is 10.2 Å². The quantitative estimate of drug-likeness (QED) is 0.595. The standard InChI is InChI=1S/C25H32N6O4/c1-15-10-19(14-30(15)24(33)35-25(2,3)4)34-20-13-26-29(5)22(20)17-8-9-31-18(11-17)12-21(28-31)27-23(32)16-6-7-16/h8-9,11-13,15-16,19H,6-7,10,14H2,1-5H3,(H,27,28,32)/t15-,19-/m0/s1. The summed E-state index contributed by atoms with van der Waals surface area (Å²) in [5.41, 5.74) is 2.06. The predicted molar refractivity (Wildman–Crippen MR) is 130 cm³/mol. The number of nitrogens with zero attached hydrogens (tertiary/aromatic N) is 5. The highest BCUT2D eigenvalue weighted by molar-refractivity contribution is 5.93. The van der Waals surface area contributed by atoms with Gasteiger partial charge < -0.3 is 19.7 Å². The van der Waals surface area contributed by atoms with Gasteiger partial charge in [0.15, 0.2) is 11.6 Å². The number of aryl methyl sites for hydroxylation is 1. The minimum Gasteiger partial charge on any atom is -0.485 e. The number of hydrogen-bond acceptors (Lipinski definition) is 6. The van der Waals surface area contributed by atoms with Crippen LogP contribution in [0, 0.1) is 5.92 Å². The number of likely N-dealkylation sites (tertiary alicyclic amines) is 1. The molecule has 3 aromatic rings. The number of rotatable bonds is 5. The van der Waals surface area contributed by atoms with Crippen LogP contribution in [-0.2, 0) is 16.6 Å². The first-order chi connectivity index (χ1) is 16.6. The van der Waals surface area contributed by atoms with E-state index in [2.05, 4.69) is 15.5 Å². The van der Waals surface area contributed by atoms with Crippen molar-refractivity contribution in [1.82, 2.24) is 24.3 Å². The Morgan fingerprint density at radius 2 is 1.97 bits per heavy atom. The van der Waals surface area contributed by atoms with Crippen molar-refractivity contribution in [2.45, 2.75) is 64.7 Å². The van der Waals surface area contributed by atoms with E-state index in [0.29, 0.717) is 24.5 Å². The van der Waals surface area contributed by atoms with E-state index in [1.165, 1.54) is 0 Å². The molecule has 1 N–H and O–H groups in total. The molecular formula is C25H32N6O4. The Kier molecular flexibility index (Phi) is 5.69. The summed E-state index contributed by atoms with van der Waals surface area (Å²) in [5, 5.41) is 11.8. The molecule has 35 heavy (non-hydrogen) atoms. The molecule has 1 aliphatic heterocycles. The summed E-state index contributed by atoms with van der Waals surface area (Å²) >= 11 is 0. The van der Waals surface area contributed by atoms with E-state index in [1.54, 1.807) is 20.3 Å². The number of pyridine rings is 1. The van der Waals surface area contributed by atoms with Crippen LogP contribution in [0.2, 0.25) is 0 Å². The number of hydrogen-bond donors (Lipinski definition) is 1. The van der Waals surface area contributed by atoms with Gasteiger partial charge in [-0.1, -0.05) is 0 Å². The first kappa shape index (κ1) is 23.2. The first-order valence-corrected chi connectivity index (χ1v) is 12.1. The Balaban J connectivity index is 1.33. The number of ether oxygens (including phenoxy) is 2. The van der Waals surface area contributed by atoms with Crippen molar-refractivity contribution in [3.63, 3.8) is 0 Å². The molecule has 0 radical (unpaired) electrons. The maximum Gasteiger partial charge on any atom is 0.410 e. The largest absolute Gasteiger partial charge is 0.485 e. The van der Waals surface area contributed by atoms with Crippen molar-refractivity contribution in [2.75, 3.05) is 11.9 Å². The number of nitrogens with one attached hydrogen (secondary N) is 1. The van der Waals surface area contributed by atoms with Crippen molar-refractivity contribution in [1.29, 1.82) is 0 Å². The van der Waals surface area contributed by atoms with Crippen LogP contribution in [-0.4, -0.2) is 60.6 Å². The second kappa shape index (κ2) is 8.58. The molecule has 10 heteroatoms. The van der Waals surface area contributed by atoms with Gasteiger partial charge in [-0.3, -0.25) is 9.48 Å². The monoisotopic (exact) mass is 480 g/mol. The van der Waals surface area contributed by atoms with Crippen LogP contribution in [0.5, 0.6) is 5.75 Å². The molecule has 4 heterocycles. The summed E-state index contributed by atoms with van der Waals surface area (Å²) < 4.78 is 15.4. The third kappa shape index (κ3) is 4.96. The Hall–Kier alpha value is -3.56. The van der Waals surface area contributed by atoms with Gasteiger partial charge in [0.25, 0.3) is 0 Å². The molecule has 1 saturated heterocycles. The summed E-state index contributed by atoms with van der Waals surface area (Å²) in [4.78, 5) is 26.4. The minimum atomic E-state index is -0.543. The van der Waals surface area contributed by atoms with Gasteiger partial charge in [-0.25, -0.2) is 9.31 Å². The number of carbonyl (C=O) groups excluding carboxylic acids is 2. The van der Waals surface area contributed by atoms with Crippen LogP contribution >= 0.6 is 0 Å². The SMILES string of the molecule is C[C@H]1C[C@H](Oc2cnn(C)c2-c2ccn3nc(NC(=O)C4CC4)cc3c2)CN1C(=O)OC(C)(C)C. The van der Waals surface area contributed by atoms with Gasteiger partial charge in [-0.05, 0) is 52.7 Å². The van der Waals surface area contributed by atoms with E-state index >= 15 is 0 Å². The van der Waals surface area contributed by atoms with Gasteiger partial charge in [0, 0.05) is 43.3 Å². The first-order valence-electron chi connectivity index (χ1n) is 12.1. The number of anilines is 1. The van der Waals surface area contributed by atoms with E-state index in [4.69, 9.17) is 9.47 Å². The molecule has 0 aromatic carbocycles. The summed E-state index contributed by atoms with van der Waals surface area (Å²) in [5.74, 6) is 1.35. The lowest BCUT2D eigenvalue weighted by atomic mass is 10.1. The summed E-state index contributed by atoms with van der Waals surface area (Å²) in [7, 11) is 1.87. The molecule has 2 atom stereocenters. The van der Waals surface area contributed by atoms with E-state index in [9.17, 15) is 9.59 Å². The fourth-order valence-electron chi connectivity index (χ4n) is 4.43. The lowest BCUT2D eigenvalue weighted by Crippen LogP contribution is -2.39. The summed E-state index contributed by atoms with van der Waals surface area (Å²) in [6.07, 6.45) is 5.68. The molecule has 3 aromatic heterocycles. The predicted octanol–water partition coefficient (Wildman–Crippen LogP) is 3.86. The van der Waals surface area contributed by atoms with Gasteiger partial charge in [0.2, 0.25) is 5.91 Å². The van der Waals surface area contributed by atoms with Gasteiger partial charge in [0.05, 0.1) is 18.3 Å². The lowest BCUT2D eigenvalue weighted by Gasteiger charge is -2.26. The van der Waals surface area contributed by atoms with Crippen molar-refractivity contribution in [3.05, 3.63) is 30.6 Å². The average Bonchev–Trinajstić information content (AvgIpc) is 3.32. The van der Waals surface area contributed by atoms with E-state index in [0.717, 1.165) is 29.6 Å². The third-order valence-electron chi connectivity index (χ3n) is 6.30. The highest BCUT2D eigenvalue weighted by atomic mass is 16.6. The van der Waals surface area contributed by atoms with Crippen LogP contribution in [0.3, 0.4) is 0 Å². The van der Waals surface area contributed by atoms with E-state index < -0.39 is 5.60 Å². The molecule has 2 aliphatic rings. The van der Waals surface area contributed by atoms with Crippen molar-refractivity contribution in [3.8, 4) is 17.0 Å². The maximum absolute atomic E-state index is 12.6. The number of aromatic nitrogens is 4. The van der Waals surface area contributed by atoms with E-state index in [-0.39, 0.29) is 30.1 Å². The minimum absolute atomic E-state index is 0.0161. The highest BCUT2D eigenvalue weighted by Gasteiger charge is 2.37. The zero-order valence-electron chi connectivity index (χ0n) is 20.8. The van der Waals surface area contributed by atoms with Crippen molar-refractivity contribution < 1.29 is 19.1 Å². The zero-order valence-corrected chi connectivity index (χ0v) is 20.8. The topological polar surface area (TPSA) is 103 Å². The average molecular weight is 481 g/mol. The molecule has 5 rings (SSSR count). The molecule has 2 fully saturated rings. The van der Waals surface area contributed by atoms with Crippen molar-refractivity contribution >= 4 is 23.3 Å². The molecule has 1 aliphatic carbocycles. The number of carbonyl (C=O) groups is 2. The van der Waals surface area contributed by atoms with Crippen molar-refractivity contribution in [2.24, 2.45) is 13.0 Å². The molecule has 0 unspecified atom stereocenters. The maximum atomic E-state index is 12.6. The fraction of sp³-hybridized carbons (Fsp3) is 0.520. The van der Waals surface area contributed by atoms with Gasteiger partial charge in [0.1, 0.15) is 17.4 Å². The highest BCUT2D eigenvalue weighted by Crippen LogP contribution is 2.34. The fourth-order valence-corrected chi connectivity index (χ4v) is 4.43. The molecule has 0 bridgehead atoms. The Morgan fingerprint density at radius 3 is 2.69 bits per heavy atom. The molecule has 1 saturated carbocycles. The summed E-state index contributed by atoms with van der Waals surface area (Å²) in [6.45, 7) is 8.05. The zero-order chi connectivity index (χ0) is 24.9. The molecule has 186 valence electrons. The van der Waals surface area contributed by atoms with Crippen LogP contribution in [0.4, 0.5) is 10.6 Å². The van der Waals surface area contributed by atoms with Crippen LogP contribution in [0.15, 0.2) is 30.6 Å². The second-order valence-corrected chi connectivity index (χ2v) is 10.5. The normalized spacial score (nSPS) is 20.3. The van der Waals surface area contributed by atoms with Crippen LogP contribution in [0.25, 0.3) is 16.8 Å². The van der Waals surface area contributed by atoms with Crippen LogP contribution in [0.1, 0.15) is 47.0 Å². The third-order valence-corrected chi connectivity index (χ3v) is 6.30. The Morgan fingerprint density at radius 1 is 1.20 bits per heavy atom. The number of fused-ring (bicyclic) bond motifs is 1. The molecule has 10 nitrogen and oxygen atoms in total. The molecular weight excluding hydrogens is 448 g/mol. The van der Waals surface area contributed by atoms with Gasteiger partial charge >= 0.3 is 6.09 Å². The number of amides is 2. The lowest BCUT2D eigenvalue weighted by molar-refractivity contribution is -0.117. The smallest absolute Gasteiger partial charge is 0.410 e. The molecule has 0 spiro atoms. The summed E-state index contributed by atoms with van der Waals surface area (Å²) in [6, 6.07) is 5.81. The van der Waals surface area contributed by atoms with E-state index in [1.807, 2.05) is 59.1 Å². The Labute approximate surface area is 204 Å². The van der Waals surface area contributed by atoms with Gasteiger partial charge in [-0.15, -0.1) is 0 Å². The van der Waals surface area contributed by atoms with Crippen LogP contribution < -0.4 is 10.1 Å². The molecule has 2 amide bonds. The Bertz CT molecular complexity index is 1270.